The first-order valence-electron chi connectivity index (χ1n) is 5.22. The summed E-state index contributed by atoms with van der Waals surface area (Å²) in [6.45, 7) is 3.89. The van der Waals surface area contributed by atoms with Crippen LogP contribution < -0.4 is 0 Å². The van der Waals surface area contributed by atoms with Crippen molar-refractivity contribution in [1.82, 2.24) is 0 Å². The lowest BCUT2D eigenvalue weighted by molar-refractivity contribution is 1.10. The Kier molecular flexibility index (Phi) is 1.75. The van der Waals surface area contributed by atoms with Gasteiger partial charge < -0.3 is 0 Å². The van der Waals surface area contributed by atoms with E-state index in [1.54, 1.807) is 0 Å². The summed E-state index contributed by atoms with van der Waals surface area (Å²) in [4.78, 5) is 0. The first kappa shape index (κ1) is 8.49. The minimum absolute atomic E-state index is 0.364. The molecule has 2 aromatic rings. The molecule has 15 heavy (non-hydrogen) atoms. The Morgan fingerprint density at radius 3 is 2.67 bits per heavy atom. The number of rotatable bonds is 1. The van der Waals surface area contributed by atoms with Gasteiger partial charge in [0.1, 0.15) is 0 Å². The van der Waals surface area contributed by atoms with Crippen molar-refractivity contribution in [1.29, 1.82) is 0 Å². The normalized spacial score (nSPS) is 18.0. The average Bonchev–Trinajstić information content (AvgIpc) is 2.30. The third-order valence-corrected chi connectivity index (χ3v) is 3.07. The maximum atomic E-state index is 3.89. The van der Waals surface area contributed by atoms with Gasteiger partial charge in [0.2, 0.25) is 0 Å². The summed E-state index contributed by atoms with van der Waals surface area (Å²) in [5.41, 5.74) is 2.70. The molecule has 0 fully saturated rings. The van der Waals surface area contributed by atoms with Crippen LogP contribution in [0.5, 0.6) is 0 Å². The Hall–Kier alpha value is -1.82. The molecular formula is C15H12. The van der Waals surface area contributed by atoms with E-state index in [0.29, 0.717) is 5.92 Å². The van der Waals surface area contributed by atoms with Crippen LogP contribution in [0.4, 0.5) is 0 Å². The molecule has 0 bridgehead atoms. The van der Waals surface area contributed by atoms with Gasteiger partial charge in [-0.2, -0.15) is 0 Å². The Bertz CT molecular complexity index is 556. The molecule has 0 heteroatoms. The first-order valence-corrected chi connectivity index (χ1v) is 5.22. The summed E-state index contributed by atoms with van der Waals surface area (Å²) in [6.07, 6.45) is 6.41. The largest absolute Gasteiger partial charge is 0.102 e. The lowest BCUT2D eigenvalue weighted by atomic mass is 9.86. The highest BCUT2D eigenvalue weighted by Gasteiger charge is 2.13. The lowest BCUT2D eigenvalue weighted by Crippen LogP contribution is -1.98. The van der Waals surface area contributed by atoms with Gasteiger partial charge in [0, 0.05) is 5.92 Å². The summed E-state index contributed by atoms with van der Waals surface area (Å²) in [6, 6.07) is 12.9. The molecule has 72 valence electrons. The highest BCUT2D eigenvalue weighted by Crippen LogP contribution is 2.34. The van der Waals surface area contributed by atoms with Gasteiger partial charge in [-0.1, -0.05) is 54.6 Å². The smallest absolute Gasteiger partial charge is 0.0205 e. The zero-order valence-corrected chi connectivity index (χ0v) is 8.48. The zero-order valence-electron chi connectivity index (χ0n) is 8.48. The molecule has 0 spiro atoms. The molecule has 1 atom stereocenters. The van der Waals surface area contributed by atoms with Crippen molar-refractivity contribution in [2.75, 3.05) is 0 Å². The van der Waals surface area contributed by atoms with Gasteiger partial charge in [0.15, 0.2) is 0 Å². The monoisotopic (exact) mass is 192 g/mol. The molecule has 0 radical (unpaired) electrons. The summed E-state index contributed by atoms with van der Waals surface area (Å²) < 4.78 is 0. The van der Waals surface area contributed by atoms with Crippen LogP contribution in [-0.2, 0) is 0 Å². The third kappa shape index (κ3) is 1.15. The molecule has 1 aliphatic rings. The summed E-state index contributed by atoms with van der Waals surface area (Å²) in [5.74, 6) is 0.364. The van der Waals surface area contributed by atoms with Gasteiger partial charge >= 0.3 is 0 Å². The SMILES string of the molecule is C=CC1C=Cc2cccc3cccc1c23. The fourth-order valence-electron chi connectivity index (χ4n) is 2.33. The van der Waals surface area contributed by atoms with Crippen LogP contribution in [0.2, 0.25) is 0 Å². The third-order valence-electron chi connectivity index (χ3n) is 3.07. The number of benzene rings is 2. The zero-order chi connectivity index (χ0) is 10.3. The minimum atomic E-state index is 0.364. The van der Waals surface area contributed by atoms with Crippen molar-refractivity contribution < 1.29 is 0 Å². The Balaban J connectivity index is 2.46. The lowest BCUT2D eigenvalue weighted by Gasteiger charge is -2.18. The predicted molar refractivity (Wildman–Crippen MR) is 65.9 cm³/mol. The van der Waals surface area contributed by atoms with E-state index in [-0.39, 0.29) is 0 Å². The van der Waals surface area contributed by atoms with Crippen molar-refractivity contribution in [3.05, 3.63) is 66.3 Å². The van der Waals surface area contributed by atoms with Crippen molar-refractivity contribution in [3.8, 4) is 0 Å². The van der Waals surface area contributed by atoms with Gasteiger partial charge in [0.25, 0.3) is 0 Å². The molecule has 0 N–H and O–H groups in total. The fourth-order valence-corrected chi connectivity index (χ4v) is 2.33. The Labute approximate surface area is 89.6 Å². The van der Waals surface area contributed by atoms with E-state index >= 15 is 0 Å². The second-order valence-corrected chi connectivity index (χ2v) is 3.91. The van der Waals surface area contributed by atoms with Crippen LogP contribution in [0.15, 0.2) is 55.1 Å². The average molecular weight is 192 g/mol. The van der Waals surface area contributed by atoms with Crippen molar-refractivity contribution >= 4 is 16.8 Å². The van der Waals surface area contributed by atoms with Gasteiger partial charge in [-0.05, 0) is 21.9 Å². The van der Waals surface area contributed by atoms with Crippen LogP contribution in [0.3, 0.4) is 0 Å². The molecule has 0 aromatic heterocycles. The maximum absolute atomic E-state index is 3.89. The van der Waals surface area contributed by atoms with Crippen LogP contribution >= 0.6 is 0 Å². The molecule has 0 saturated heterocycles. The summed E-state index contributed by atoms with van der Waals surface area (Å²) in [7, 11) is 0. The maximum Gasteiger partial charge on any atom is 0.0205 e. The van der Waals surface area contributed by atoms with E-state index in [0.717, 1.165) is 0 Å². The molecular weight excluding hydrogens is 180 g/mol. The standard InChI is InChI=1S/C15H12/c1-2-11-9-10-13-6-3-5-12-7-4-8-14(11)15(12)13/h2-11H,1H2. The van der Waals surface area contributed by atoms with Crippen molar-refractivity contribution in [2.24, 2.45) is 0 Å². The molecule has 3 rings (SSSR count). The van der Waals surface area contributed by atoms with Gasteiger partial charge in [0.05, 0.1) is 0 Å². The van der Waals surface area contributed by atoms with E-state index in [9.17, 15) is 0 Å². The fraction of sp³-hybridized carbons (Fsp3) is 0.0667. The van der Waals surface area contributed by atoms with Crippen LogP contribution in [-0.4, -0.2) is 0 Å². The number of hydrogen-bond donors (Lipinski definition) is 0. The Morgan fingerprint density at radius 1 is 1.07 bits per heavy atom. The van der Waals surface area contributed by atoms with Gasteiger partial charge in [-0.3, -0.25) is 0 Å². The number of hydrogen-bond acceptors (Lipinski definition) is 0. The quantitative estimate of drug-likeness (QED) is 0.596. The van der Waals surface area contributed by atoms with E-state index in [1.165, 1.54) is 21.9 Å². The molecule has 0 nitrogen and oxygen atoms in total. The molecule has 0 aliphatic heterocycles. The molecule has 0 amide bonds. The molecule has 0 saturated carbocycles. The van der Waals surface area contributed by atoms with E-state index in [1.807, 2.05) is 6.08 Å². The van der Waals surface area contributed by atoms with Gasteiger partial charge in [-0.25, -0.2) is 0 Å². The highest BCUT2D eigenvalue weighted by molar-refractivity contribution is 5.95. The van der Waals surface area contributed by atoms with E-state index < -0.39 is 0 Å². The van der Waals surface area contributed by atoms with Crippen molar-refractivity contribution in [3.63, 3.8) is 0 Å². The second kappa shape index (κ2) is 3.09. The predicted octanol–water partition coefficient (Wildman–Crippen LogP) is 4.14. The molecule has 0 heterocycles. The first-order chi connectivity index (χ1) is 7.40. The Morgan fingerprint density at radius 2 is 1.87 bits per heavy atom. The number of allylic oxidation sites excluding steroid dienone is 2. The minimum Gasteiger partial charge on any atom is -0.102 e. The van der Waals surface area contributed by atoms with Gasteiger partial charge in [-0.15, -0.1) is 6.58 Å². The van der Waals surface area contributed by atoms with E-state index in [2.05, 4.69) is 55.1 Å². The highest BCUT2D eigenvalue weighted by atomic mass is 14.2. The van der Waals surface area contributed by atoms with E-state index in [4.69, 9.17) is 0 Å². The molecule has 1 aliphatic carbocycles. The molecule has 2 aromatic carbocycles. The van der Waals surface area contributed by atoms with Crippen LogP contribution in [0.25, 0.3) is 16.8 Å². The van der Waals surface area contributed by atoms with Crippen molar-refractivity contribution in [2.45, 2.75) is 5.92 Å². The molecule has 1 unspecified atom stereocenters. The van der Waals surface area contributed by atoms with Crippen LogP contribution in [0, 0.1) is 0 Å². The summed E-state index contributed by atoms with van der Waals surface area (Å²) in [5, 5.41) is 2.70. The summed E-state index contributed by atoms with van der Waals surface area (Å²) >= 11 is 0. The van der Waals surface area contributed by atoms with Crippen LogP contribution in [0.1, 0.15) is 17.0 Å². The topological polar surface area (TPSA) is 0 Å². The second-order valence-electron chi connectivity index (χ2n) is 3.91.